The Kier molecular flexibility index (Phi) is 47.7. The Labute approximate surface area is 352 Å². The highest BCUT2D eigenvalue weighted by Crippen LogP contribution is 2.17. The molecule has 56 heavy (non-hydrogen) atoms. The number of hydrogen-bond donors (Lipinski definition) is 3. The van der Waals surface area contributed by atoms with Gasteiger partial charge in [0, 0.05) is 6.42 Å². The lowest BCUT2D eigenvalue weighted by Crippen LogP contribution is -2.45. The largest absolute Gasteiger partial charge is 0.394 e. The van der Waals surface area contributed by atoms with Gasteiger partial charge in [0.2, 0.25) is 5.91 Å². The van der Waals surface area contributed by atoms with Gasteiger partial charge in [0.15, 0.2) is 0 Å². The van der Waals surface area contributed by atoms with E-state index in [-0.39, 0.29) is 12.5 Å². The van der Waals surface area contributed by atoms with Crippen molar-refractivity contribution in [1.29, 1.82) is 0 Å². The monoisotopic (exact) mass is 790 g/mol. The Balaban J connectivity index is 3.25. The molecule has 0 aromatic rings. The van der Waals surface area contributed by atoms with Crippen molar-refractivity contribution in [2.45, 2.75) is 309 Å². The van der Waals surface area contributed by atoms with Crippen molar-refractivity contribution in [1.82, 2.24) is 5.32 Å². The predicted octanol–water partition coefficient (Wildman–Crippen LogP) is 16.6. The van der Waals surface area contributed by atoms with Gasteiger partial charge in [-0.25, -0.2) is 0 Å². The molecule has 0 aromatic heterocycles. The third-order valence-electron chi connectivity index (χ3n) is 12.3. The lowest BCUT2D eigenvalue weighted by atomic mass is 10.0. The zero-order chi connectivity index (χ0) is 40.7. The number of carbonyl (C=O) groups is 1. The van der Waals surface area contributed by atoms with Crippen LogP contribution in [-0.2, 0) is 4.79 Å². The van der Waals surface area contributed by atoms with Crippen LogP contribution in [0.4, 0.5) is 0 Å². The molecule has 4 heteroatoms. The van der Waals surface area contributed by atoms with E-state index in [0.717, 1.165) is 25.7 Å². The van der Waals surface area contributed by atoms with Crippen LogP contribution >= 0.6 is 0 Å². The first-order chi connectivity index (χ1) is 27.7. The number of aliphatic hydroxyl groups excluding tert-OH is 2. The Morgan fingerprint density at radius 2 is 0.679 bits per heavy atom. The fourth-order valence-corrected chi connectivity index (χ4v) is 8.30. The van der Waals surface area contributed by atoms with E-state index in [2.05, 4.69) is 31.3 Å². The Morgan fingerprint density at radius 3 is 0.982 bits per heavy atom. The van der Waals surface area contributed by atoms with E-state index in [1.165, 1.54) is 244 Å². The minimum absolute atomic E-state index is 0.0328. The molecule has 0 aromatic carbocycles. The lowest BCUT2D eigenvalue weighted by molar-refractivity contribution is -0.123. The zero-order valence-corrected chi connectivity index (χ0v) is 38.4. The topological polar surface area (TPSA) is 69.6 Å². The predicted molar refractivity (Wildman–Crippen MR) is 249 cm³/mol. The van der Waals surface area contributed by atoms with E-state index in [1.54, 1.807) is 0 Å². The number of allylic oxidation sites excluding steroid dienone is 2. The maximum atomic E-state index is 12.3. The standard InChI is InChI=1S/C52H103NO3/c1-3-5-7-9-10-11-12-13-14-15-16-17-18-19-20-21-22-23-24-25-26-27-28-29-30-31-32-33-34-35-36-37-38-39-40-41-42-44-46-48-52(56)53-50(49-54)51(55)47-45-43-8-6-4-2/h15-16,50-51,54-55H,3-14,17-49H2,1-2H3,(H,53,56)/b16-15-. The number of unbranched alkanes of at least 4 members (excludes halogenated alkanes) is 39. The Hall–Kier alpha value is -0.870. The van der Waals surface area contributed by atoms with Crippen LogP contribution in [0.1, 0.15) is 296 Å². The molecule has 0 aliphatic heterocycles. The van der Waals surface area contributed by atoms with Gasteiger partial charge in [-0.2, -0.15) is 0 Å². The van der Waals surface area contributed by atoms with E-state index in [1.807, 2.05) is 0 Å². The molecule has 0 rings (SSSR count). The second kappa shape index (κ2) is 48.5. The first kappa shape index (κ1) is 55.1. The third-order valence-corrected chi connectivity index (χ3v) is 12.3. The minimum Gasteiger partial charge on any atom is -0.394 e. The van der Waals surface area contributed by atoms with E-state index < -0.39 is 12.1 Å². The third kappa shape index (κ3) is 44.2. The number of amides is 1. The lowest BCUT2D eigenvalue weighted by Gasteiger charge is -2.22. The minimum atomic E-state index is -0.651. The van der Waals surface area contributed by atoms with Crippen LogP contribution in [0.15, 0.2) is 12.2 Å². The molecule has 0 radical (unpaired) electrons. The summed E-state index contributed by atoms with van der Waals surface area (Å²) in [4.78, 5) is 12.3. The van der Waals surface area contributed by atoms with Crippen molar-refractivity contribution in [2.75, 3.05) is 6.61 Å². The highest BCUT2D eigenvalue weighted by atomic mass is 16.3. The van der Waals surface area contributed by atoms with Gasteiger partial charge in [-0.1, -0.05) is 264 Å². The normalized spacial score (nSPS) is 12.9. The van der Waals surface area contributed by atoms with Gasteiger partial charge in [-0.15, -0.1) is 0 Å². The molecule has 334 valence electrons. The summed E-state index contributed by atoms with van der Waals surface area (Å²) >= 11 is 0. The van der Waals surface area contributed by atoms with Crippen molar-refractivity contribution in [3.8, 4) is 0 Å². The van der Waals surface area contributed by atoms with Gasteiger partial charge in [-0.05, 0) is 38.5 Å². The molecule has 0 saturated carbocycles. The summed E-state index contributed by atoms with van der Waals surface area (Å²) in [6, 6.07) is -0.527. The maximum Gasteiger partial charge on any atom is 0.220 e. The fourth-order valence-electron chi connectivity index (χ4n) is 8.30. The SMILES string of the molecule is CCCCCCCCCC/C=C\CCCCCCCCCCCCCCCCCCCCCCCCCCCCCC(=O)NC(CO)C(O)CCCCCCC. The summed E-state index contributed by atoms with van der Waals surface area (Å²) in [5.41, 5.74) is 0. The van der Waals surface area contributed by atoms with Crippen molar-refractivity contribution in [3.05, 3.63) is 12.2 Å². The quantitative estimate of drug-likeness (QED) is 0.0425. The fraction of sp³-hybridized carbons (Fsp3) is 0.942. The maximum absolute atomic E-state index is 12.3. The molecule has 0 fully saturated rings. The molecule has 0 spiro atoms. The van der Waals surface area contributed by atoms with Crippen LogP contribution in [0.2, 0.25) is 0 Å². The molecule has 4 nitrogen and oxygen atoms in total. The Bertz CT molecular complexity index is 769. The van der Waals surface area contributed by atoms with Crippen molar-refractivity contribution in [3.63, 3.8) is 0 Å². The van der Waals surface area contributed by atoms with Crippen LogP contribution in [0, 0.1) is 0 Å². The van der Waals surface area contributed by atoms with Gasteiger partial charge >= 0.3 is 0 Å². The van der Waals surface area contributed by atoms with Crippen LogP contribution < -0.4 is 5.32 Å². The highest BCUT2D eigenvalue weighted by Gasteiger charge is 2.20. The average Bonchev–Trinajstić information content (AvgIpc) is 3.20. The number of hydrogen-bond acceptors (Lipinski definition) is 3. The zero-order valence-electron chi connectivity index (χ0n) is 38.4. The number of aliphatic hydroxyl groups is 2. The average molecular weight is 790 g/mol. The van der Waals surface area contributed by atoms with E-state index >= 15 is 0 Å². The van der Waals surface area contributed by atoms with Crippen molar-refractivity contribution < 1.29 is 15.0 Å². The molecule has 2 atom stereocenters. The molecule has 0 aliphatic rings. The van der Waals surface area contributed by atoms with Gasteiger partial charge in [-0.3, -0.25) is 4.79 Å². The van der Waals surface area contributed by atoms with Gasteiger partial charge in [0.05, 0.1) is 18.8 Å². The molecular weight excluding hydrogens is 687 g/mol. The summed E-state index contributed by atoms with van der Waals surface area (Å²) in [5.74, 6) is -0.0328. The highest BCUT2D eigenvalue weighted by molar-refractivity contribution is 5.76. The molecule has 1 amide bonds. The smallest absolute Gasteiger partial charge is 0.220 e. The van der Waals surface area contributed by atoms with Crippen LogP contribution in [-0.4, -0.2) is 34.9 Å². The number of carbonyl (C=O) groups excluding carboxylic acids is 1. The van der Waals surface area contributed by atoms with Crippen LogP contribution in [0.5, 0.6) is 0 Å². The molecule has 2 unspecified atom stereocenters. The molecule has 0 aliphatic carbocycles. The molecule has 0 saturated heterocycles. The molecule has 3 N–H and O–H groups in total. The second-order valence-corrected chi connectivity index (χ2v) is 17.9. The number of nitrogens with one attached hydrogen (secondary N) is 1. The van der Waals surface area contributed by atoms with Crippen LogP contribution in [0.3, 0.4) is 0 Å². The van der Waals surface area contributed by atoms with Crippen LogP contribution in [0.25, 0.3) is 0 Å². The summed E-state index contributed by atoms with van der Waals surface area (Å²) in [5, 5.41) is 22.8. The Morgan fingerprint density at radius 1 is 0.411 bits per heavy atom. The van der Waals surface area contributed by atoms with E-state index in [9.17, 15) is 15.0 Å². The van der Waals surface area contributed by atoms with Crippen molar-refractivity contribution >= 4 is 5.91 Å². The van der Waals surface area contributed by atoms with Gasteiger partial charge in [0.1, 0.15) is 0 Å². The van der Waals surface area contributed by atoms with Crippen molar-refractivity contribution in [2.24, 2.45) is 0 Å². The first-order valence-electron chi connectivity index (χ1n) is 25.9. The second-order valence-electron chi connectivity index (χ2n) is 17.9. The summed E-state index contributed by atoms with van der Waals surface area (Å²) in [7, 11) is 0. The van der Waals surface area contributed by atoms with E-state index in [0.29, 0.717) is 12.8 Å². The molecular formula is C52H103NO3. The molecule has 0 bridgehead atoms. The number of rotatable bonds is 48. The van der Waals surface area contributed by atoms with Gasteiger partial charge in [0.25, 0.3) is 0 Å². The molecule has 0 heterocycles. The van der Waals surface area contributed by atoms with E-state index in [4.69, 9.17) is 0 Å². The summed E-state index contributed by atoms with van der Waals surface area (Å²) < 4.78 is 0. The first-order valence-corrected chi connectivity index (χ1v) is 25.9. The summed E-state index contributed by atoms with van der Waals surface area (Å²) in [6.07, 6.45) is 62.5. The van der Waals surface area contributed by atoms with Gasteiger partial charge < -0.3 is 15.5 Å². The summed E-state index contributed by atoms with van der Waals surface area (Å²) in [6.45, 7) is 4.30.